The molecular formula is C18H42P2. The summed E-state index contributed by atoms with van der Waals surface area (Å²) in [6.45, 7) is 12.4. The minimum atomic E-state index is -1.19. The average molecular weight is 320 g/mol. The van der Waals surface area contributed by atoms with Crippen molar-refractivity contribution in [1.29, 1.82) is 0 Å². The summed E-state index contributed by atoms with van der Waals surface area (Å²) in [5.74, 6) is 0. The van der Waals surface area contributed by atoms with Crippen LogP contribution in [0.25, 0.3) is 0 Å². The monoisotopic (exact) mass is 320 g/mol. The van der Waals surface area contributed by atoms with Gasteiger partial charge in [0.25, 0.3) is 0 Å². The summed E-state index contributed by atoms with van der Waals surface area (Å²) in [5.41, 5.74) is 0. The van der Waals surface area contributed by atoms with Gasteiger partial charge in [0, 0.05) is 0 Å². The molecule has 0 saturated heterocycles. The zero-order chi connectivity index (χ0) is 15.3. The van der Waals surface area contributed by atoms with E-state index in [1.165, 1.54) is 91.5 Å². The van der Waals surface area contributed by atoms with Gasteiger partial charge in [-0.3, -0.25) is 0 Å². The Morgan fingerprint density at radius 2 is 0.900 bits per heavy atom. The molecule has 2 heteroatoms. The first-order valence-electron chi connectivity index (χ1n) is 9.07. The van der Waals surface area contributed by atoms with Gasteiger partial charge in [0.15, 0.2) is 0 Å². The van der Waals surface area contributed by atoms with Gasteiger partial charge in [0.2, 0.25) is 0 Å². The Hall–Kier alpha value is 0.860. The summed E-state index contributed by atoms with van der Waals surface area (Å²) in [6, 6.07) is 0. The van der Waals surface area contributed by atoms with Gasteiger partial charge in [-0.05, 0) is 0 Å². The van der Waals surface area contributed by atoms with E-state index >= 15 is 0 Å². The third-order valence-electron chi connectivity index (χ3n) is 3.77. The predicted octanol–water partition coefficient (Wildman–Crippen LogP) is 7.35. The molecule has 20 heavy (non-hydrogen) atoms. The maximum absolute atomic E-state index is 2.52. The summed E-state index contributed by atoms with van der Waals surface area (Å²) >= 11 is 0. The fraction of sp³-hybridized carbons (Fsp3) is 1.00. The van der Waals surface area contributed by atoms with E-state index in [0.29, 0.717) is 0 Å². The zero-order valence-corrected chi connectivity index (χ0v) is 17.0. The Morgan fingerprint density at radius 3 is 1.25 bits per heavy atom. The van der Waals surface area contributed by atoms with Gasteiger partial charge in [0.05, 0.1) is 0 Å². The molecular weight excluding hydrogens is 278 g/mol. The molecule has 0 amide bonds. The molecule has 1 unspecified atom stereocenters. The van der Waals surface area contributed by atoms with Crippen LogP contribution in [0.4, 0.5) is 0 Å². The molecule has 0 aliphatic carbocycles. The summed E-state index contributed by atoms with van der Waals surface area (Å²) < 4.78 is 0. The van der Waals surface area contributed by atoms with E-state index < -0.39 is 6.29 Å². The first kappa shape index (κ1) is 20.9. The van der Waals surface area contributed by atoms with E-state index in [4.69, 9.17) is 0 Å². The quantitative estimate of drug-likeness (QED) is 0.232. The summed E-state index contributed by atoms with van der Waals surface area (Å²) in [5, 5.41) is 0. The second-order valence-electron chi connectivity index (χ2n) is 8.37. The van der Waals surface area contributed by atoms with Gasteiger partial charge in [-0.1, -0.05) is 19.8 Å². The molecule has 0 bridgehead atoms. The van der Waals surface area contributed by atoms with Crippen LogP contribution in [-0.4, -0.2) is 32.8 Å². The standard InChI is InChI=1S/C18H42P2/c1-6-7-8-9-10-11-12-13-14-15-16-17-18-19-20(2,3,4)5/h19H,6-18H2,1-5H3. The minimum absolute atomic E-state index is 1.19. The Labute approximate surface area is 131 Å². The Bertz CT molecular complexity index is 206. The van der Waals surface area contributed by atoms with Crippen molar-refractivity contribution < 1.29 is 0 Å². The fourth-order valence-electron chi connectivity index (χ4n) is 2.49. The van der Waals surface area contributed by atoms with Crippen LogP contribution < -0.4 is 0 Å². The first-order chi connectivity index (χ1) is 9.31. The third kappa shape index (κ3) is 18.9. The molecule has 0 saturated carbocycles. The number of rotatable bonds is 14. The van der Waals surface area contributed by atoms with E-state index in [0.717, 1.165) is 0 Å². The third-order valence-corrected chi connectivity index (χ3v) is 10.1. The summed E-state index contributed by atoms with van der Waals surface area (Å²) in [6.07, 6.45) is 17.9. The van der Waals surface area contributed by atoms with Crippen LogP contribution in [0.1, 0.15) is 84.0 Å². The maximum atomic E-state index is 2.52. The van der Waals surface area contributed by atoms with Crippen LogP contribution in [0.3, 0.4) is 0 Å². The second-order valence-corrected chi connectivity index (χ2v) is 22.7. The van der Waals surface area contributed by atoms with E-state index in [2.05, 4.69) is 33.6 Å². The number of hydrogen-bond donors (Lipinski definition) is 0. The Kier molecular flexibility index (Phi) is 11.9. The van der Waals surface area contributed by atoms with Crippen molar-refractivity contribution in [2.45, 2.75) is 84.0 Å². The van der Waals surface area contributed by atoms with Crippen molar-refractivity contribution >= 4 is 14.6 Å². The number of unbranched alkanes of at least 4 members (excludes halogenated alkanes) is 11. The van der Waals surface area contributed by atoms with E-state index in [9.17, 15) is 0 Å². The molecule has 1 atom stereocenters. The van der Waals surface area contributed by atoms with Gasteiger partial charge in [0.1, 0.15) is 0 Å². The van der Waals surface area contributed by atoms with Crippen molar-refractivity contribution in [1.82, 2.24) is 0 Å². The normalized spacial score (nSPS) is 14.8. The molecule has 0 spiro atoms. The zero-order valence-electron chi connectivity index (χ0n) is 15.1. The fourth-order valence-corrected chi connectivity index (χ4v) is 6.95. The van der Waals surface area contributed by atoms with Crippen LogP contribution in [0.15, 0.2) is 0 Å². The van der Waals surface area contributed by atoms with Gasteiger partial charge in [-0.25, -0.2) is 0 Å². The van der Waals surface area contributed by atoms with Crippen molar-refractivity contribution in [2.75, 3.05) is 32.8 Å². The van der Waals surface area contributed by atoms with Crippen LogP contribution in [-0.2, 0) is 0 Å². The Balaban J connectivity index is 3.11. The molecule has 0 fully saturated rings. The molecule has 0 heterocycles. The molecule has 0 aromatic rings. The molecule has 0 nitrogen and oxygen atoms in total. The summed E-state index contributed by atoms with van der Waals surface area (Å²) in [7, 11) is 1.24. The molecule has 0 aliphatic heterocycles. The van der Waals surface area contributed by atoms with Gasteiger partial charge in [-0.15, -0.1) is 0 Å². The SMILES string of the molecule is CCCCCCCCCCCCCCPP(C)(C)(C)C. The molecule has 124 valence electrons. The first-order valence-corrected chi connectivity index (χ1v) is 15.1. The van der Waals surface area contributed by atoms with Crippen molar-refractivity contribution in [2.24, 2.45) is 0 Å². The topological polar surface area (TPSA) is 0 Å². The predicted molar refractivity (Wildman–Crippen MR) is 105 cm³/mol. The van der Waals surface area contributed by atoms with Gasteiger partial charge in [-0.2, -0.15) is 0 Å². The van der Waals surface area contributed by atoms with Crippen LogP contribution in [0, 0.1) is 0 Å². The van der Waals surface area contributed by atoms with Gasteiger partial charge >= 0.3 is 112 Å². The van der Waals surface area contributed by atoms with Crippen molar-refractivity contribution in [3.05, 3.63) is 0 Å². The molecule has 0 aliphatic rings. The van der Waals surface area contributed by atoms with E-state index in [1.807, 2.05) is 0 Å². The molecule has 0 aromatic carbocycles. The van der Waals surface area contributed by atoms with Gasteiger partial charge < -0.3 is 0 Å². The van der Waals surface area contributed by atoms with Crippen LogP contribution in [0.5, 0.6) is 0 Å². The van der Waals surface area contributed by atoms with Crippen LogP contribution in [0.2, 0.25) is 0 Å². The van der Waals surface area contributed by atoms with Crippen LogP contribution >= 0.6 is 14.6 Å². The molecule has 0 N–H and O–H groups in total. The molecule has 0 radical (unpaired) electrons. The van der Waals surface area contributed by atoms with Crippen molar-refractivity contribution in [3.8, 4) is 0 Å². The molecule has 0 rings (SSSR count). The second kappa shape index (κ2) is 11.4. The van der Waals surface area contributed by atoms with E-state index in [-0.39, 0.29) is 0 Å². The van der Waals surface area contributed by atoms with E-state index in [1.54, 1.807) is 0 Å². The molecule has 0 aromatic heterocycles. The summed E-state index contributed by atoms with van der Waals surface area (Å²) in [4.78, 5) is 0. The Morgan fingerprint density at radius 1 is 0.550 bits per heavy atom. The number of hydrogen-bond acceptors (Lipinski definition) is 0. The van der Waals surface area contributed by atoms with Crippen molar-refractivity contribution in [3.63, 3.8) is 0 Å². The average Bonchev–Trinajstić information content (AvgIpc) is 2.33.